The molecule has 0 aromatic carbocycles. The SMILES string of the molecule is CC1(c2noc(C3CCC(CN)O3)n2)CC1. The summed E-state index contributed by atoms with van der Waals surface area (Å²) in [5.74, 6) is 1.46. The molecule has 2 aliphatic rings. The summed E-state index contributed by atoms with van der Waals surface area (Å²) in [6.45, 7) is 2.73. The third-order valence-corrected chi connectivity index (χ3v) is 3.63. The first-order valence-electron chi connectivity index (χ1n) is 5.91. The second-order valence-electron chi connectivity index (χ2n) is 5.08. The van der Waals surface area contributed by atoms with E-state index in [0.717, 1.165) is 31.5 Å². The maximum atomic E-state index is 5.72. The van der Waals surface area contributed by atoms with Crippen LogP contribution in [0.3, 0.4) is 0 Å². The molecule has 5 nitrogen and oxygen atoms in total. The first kappa shape index (κ1) is 10.2. The van der Waals surface area contributed by atoms with Gasteiger partial charge in [0.15, 0.2) is 5.82 Å². The van der Waals surface area contributed by atoms with Gasteiger partial charge in [0.2, 0.25) is 0 Å². The van der Waals surface area contributed by atoms with Crippen LogP contribution < -0.4 is 5.73 Å². The molecule has 2 atom stereocenters. The van der Waals surface area contributed by atoms with Gasteiger partial charge in [0, 0.05) is 12.0 Å². The Hall–Kier alpha value is -0.940. The van der Waals surface area contributed by atoms with Crippen LogP contribution in [0, 0.1) is 0 Å². The van der Waals surface area contributed by atoms with E-state index in [-0.39, 0.29) is 17.6 Å². The van der Waals surface area contributed by atoms with E-state index >= 15 is 0 Å². The largest absolute Gasteiger partial charge is 0.364 e. The molecule has 1 saturated carbocycles. The van der Waals surface area contributed by atoms with Crippen LogP contribution in [-0.2, 0) is 10.2 Å². The molecule has 3 rings (SSSR count). The first-order chi connectivity index (χ1) is 7.71. The lowest BCUT2D eigenvalue weighted by Gasteiger charge is -2.07. The monoisotopic (exact) mass is 223 g/mol. The van der Waals surface area contributed by atoms with E-state index in [1.54, 1.807) is 0 Å². The highest BCUT2D eigenvalue weighted by molar-refractivity contribution is 5.14. The highest BCUT2D eigenvalue weighted by atomic mass is 16.5. The molecular weight excluding hydrogens is 206 g/mol. The number of hydrogen-bond acceptors (Lipinski definition) is 5. The van der Waals surface area contributed by atoms with E-state index in [9.17, 15) is 0 Å². The third kappa shape index (κ3) is 1.64. The molecule has 16 heavy (non-hydrogen) atoms. The van der Waals surface area contributed by atoms with E-state index in [4.69, 9.17) is 15.0 Å². The molecule has 2 unspecified atom stereocenters. The zero-order chi connectivity index (χ0) is 11.2. The Bertz CT molecular complexity index is 386. The summed E-state index contributed by atoms with van der Waals surface area (Å²) in [5.41, 5.74) is 5.73. The Kier molecular flexibility index (Phi) is 2.26. The lowest BCUT2D eigenvalue weighted by Crippen LogP contribution is -2.18. The molecular formula is C11H17N3O2. The predicted molar refractivity (Wildman–Crippen MR) is 56.8 cm³/mol. The fraction of sp³-hybridized carbons (Fsp3) is 0.818. The van der Waals surface area contributed by atoms with Gasteiger partial charge in [-0.2, -0.15) is 4.98 Å². The molecule has 5 heteroatoms. The summed E-state index contributed by atoms with van der Waals surface area (Å²) in [6, 6.07) is 0. The minimum atomic E-state index is -0.0443. The van der Waals surface area contributed by atoms with Crippen LogP contribution in [0.1, 0.15) is 50.4 Å². The van der Waals surface area contributed by atoms with Gasteiger partial charge in [0.1, 0.15) is 6.10 Å². The Morgan fingerprint density at radius 1 is 1.44 bits per heavy atom. The number of ether oxygens (including phenoxy) is 1. The molecule has 1 aromatic rings. The fourth-order valence-corrected chi connectivity index (χ4v) is 2.08. The minimum absolute atomic E-state index is 0.0443. The molecule has 1 saturated heterocycles. The van der Waals surface area contributed by atoms with E-state index in [1.807, 2.05) is 0 Å². The van der Waals surface area contributed by atoms with Crippen LogP contribution in [0.2, 0.25) is 0 Å². The topological polar surface area (TPSA) is 74.2 Å². The van der Waals surface area contributed by atoms with Crippen molar-refractivity contribution in [2.75, 3.05) is 6.54 Å². The molecule has 1 aromatic heterocycles. The van der Waals surface area contributed by atoms with Gasteiger partial charge in [0.05, 0.1) is 6.10 Å². The molecule has 2 N–H and O–H groups in total. The van der Waals surface area contributed by atoms with E-state index < -0.39 is 0 Å². The molecule has 1 aliphatic carbocycles. The lowest BCUT2D eigenvalue weighted by atomic mass is 10.1. The van der Waals surface area contributed by atoms with Crippen molar-refractivity contribution < 1.29 is 9.26 Å². The highest BCUT2D eigenvalue weighted by Gasteiger charge is 2.44. The summed E-state index contributed by atoms with van der Waals surface area (Å²) >= 11 is 0. The predicted octanol–water partition coefficient (Wildman–Crippen LogP) is 1.30. The average molecular weight is 223 g/mol. The van der Waals surface area contributed by atoms with Crippen molar-refractivity contribution in [1.29, 1.82) is 0 Å². The van der Waals surface area contributed by atoms with Crippen LogP contribution in [0.15, 0.2) is 4.52 Å². The zero-order valence-electron chi connectivity index (χ0n) is 9.48. The summed E-state index contributed by atoms with van der Waals surface area (Å²) < 4.78 is 11.0. The maximum absolute atomic E-state index is 5.72. The maximum Gasteiger partial charge on any atom is 0.255 e. The van der Waals surface area contributed by atoms with E-state index in [1.165, 1.54) is 0 Å². The quantitative estimate of drug-likeness (QED) is 0.836. The van der Waals surface area contributed by atoms with Gasteiger partial charge in [-0.15, -0.1) is 0 Å². The van der Waals surface area contributed by atoms with Crippen molar-refractivity contribution in [2.45, 2.75) is 50.2 Å². The van der Waals surface area contributed by atoms with Gasteiger partial charge in [0.25, 0.3) is 5.89 Å². The molecule has 2 fully saturated rings. The number of nitrogens with zero attached hydrogens (tertiary/aromatic N) is 2. The Balaban J connectivity index is 1.73. The van der Waals surface area contributed by atoms with Crippen LogP contribution in [0.25, 0.3) is 0 Å². The number of hydrogen-bond donors (Lipinski definition) is 1. The van der Waals surface area contributed by atoms with Crippen molar-refractivity contribution in [3.05, 3.63) is 11.7 Å². The van der Waals surface area contributed by atoms with Crippen molar-refractivity contribution in [2.24, 2.45) is 5.73 Å². The van der Waals surface area contributed by atoms with Crippen LogP contribution in [-0.4, -0.2) is 22.8 Å². The Morgan fingerprint density at radius 3 is 2.88 bits per heavy atom. The van der Waals surface area contributed by atoms with Crippen LogP contribution in [0.4, 0.5) is 0 Å². The van der Waals surface area contributed by atoms with Crippen molar-refractivity contribution in [3.8, 4) is 0 Å². The summed E-state index contributed by atoms with van der Waals surface area (Å²) in [5, 5.41) is 4.05. The summed E-state index contributed by atoms with van der Waals surface area (Å²) in [4.78, 5) is 4.45. The second kappa shape index (κ2) is 3.53. The molecule has 2 heterocycles. The van der Waals surface area contributed by atoms with Crippen molar-refractivity contribution >= 4 is 0 Å². The van der Waals surface area contributed by atoms with Gasteiger partial charge < -0.3 is 15.0 Å². The number of nitrogens with two attached hydrogens (primary N) is 1. The fourth-order valence-electron chi connectivity index (χ4n) is 2.08. The van der Waals surface area contributed by atoms with Gasteiger partial charge >= 0.3 is 0 Å². The smallest absolute Gasteiger partial charge is 0.255 e. The molecule has 1 aliphatic heterocycles. The Morgan fingerprint density at radius 2 is 2.25 bits per heavy atom. The number of rotatable bonds is 3. The van der Waals surface area contributed by atoms with E-state index in [2.05, 4.69) is 17.1 Å². The minimum Gasteiger partial charge on any atom is -0.364 e. The van der Waals surface area contributed by atoms with Crippen molar-refractivity contribution in [1.82, 2.24) is 10.1 Å². The van der Waals surface area contributed by atoms with Crippen LogP contribution in [0.5, 0.6) is 0 Å². The highest BCUT2D eigenvalue weighted by Crippen LogP contribution is 2.46. The van der Waals surface area contributed by atoms with Gasteiger partial charge in [-0.3, -0.25) is 0 Å². The summed E-state index contributed by atoms with van der Waals surface area (Å²) in [6.07, 6.45) is 4.33. The zero-order valence-corrected chi connectivity index (χ0v) is 9.48. The van der Waals surface area contributed by atoms with Crippen molar-refractivity contribution in [3.63, 3.8) is 0 Å². The molecule has 0 bridgehead atoms. The average Bonchev–Trinajstić information content (AvgIpc) is 2.80. The van der Waals surface area contributed by atoms with Crippen LogP contribution >= 0.6 is 0 Å². The van der Waals surface area contributed by atoms with Gasteiger partial charge in [-0.05, 0) is 25.7 Å². The standard InChI is InChI=1S/C11H17N3O2/c1-11(4-5-11)10-13-9(16-14-10)8-3-2-7(6-12)15-8/h7-8H,2-6,12H2,1H3. The molecule has 0 amide bonds. The summed E-state index contributed by atoms with van der Waals surface area (Å²) in [7, 11) is 0. The number of aromatic nitrogens is 2. The first-order valence-corrected chi connectivity index (χ1v) is 5.91. The third-order valence-electron chi connectivity index (χ3n) is 3.63. The normalized spacial score (nSPS) is 31.9. The Labute approximate surface area is 94.3 Å². The molecule has 88 valence electrons. The molecule has 0 radical (unpaired) electrons. The van der Waals surface area contributed by atoms with Gasteiger partial charge in [-0.25, -0.2) is 0 Å². The van der Waals surface area contributed by atoms with Gasteiger partial charge in [-0.1, -0.05) is 12.1 Å². The second-order valence-corrected chi connectivity index (χ2v) is 5.08. The van der Waals surface area contributed by atoms with E-state index in [0.29, 0.717) is 12.4 Å². The lowest BCUT2D eigenvalue weighted by molar-refractivity contribution is 0.0307. The molecule has 0 spiro atoms.